The Bertz CT molecular complexity index is 1030. The number of carbonyl (C=O) groups is 1. The van der Waals surface area contributed by atoms with Crippen molar-refractivity contribution in [2.24, 2.45) is 0 Å². The van der Waals surface area contributed by atoms with E-state index in [1.165, 1.54) is 25.3 Å². The monoisotopic (exact) mass is 364 g/mol. The maximum atomic E-state index is 12.5. The fourth-order valence-corrected chi connectivity index (χ4v) is 3.89. The van der Waals surface area contributed by atoms with Crippen molar-refractivity contribution in [2.45, 2.75) is 4.90 Å². The summed E-state index contributed by atoms with van der Waals surface area (Å²) in [5, 5.41) is 0.815. The highest BCUT2D eigenvalue weighted by molar-refractivity contribution is 7.92. The van der Waals surface area contributed by atoms with Gasteiger partial charge in [-0.15, -0.1) is 0 Å². The number of methoxy groups -OCH3 is 1. The molecule has 1 heterocycles. The molecular weight excluding hydrogens is 352 g/mol. The van der Waals surface area contributed by atoms with Gasteiger partial charge in [-0.1, -0.05) is 11.6 Å². The zero-order valence-electron chi connectivity index (χ0n) is 12.5. The largest absolute Gasteiger partial charge is 0.465 e. The Labute approximate surface area is 143 Å². The van der Waals surface area contributed by atoms with E-state index in [0.717, 1.165) is 10.9 Å². The number of hydrogen-bond acceptors (Lipinski definition) is 4. The second kappa shape index (κ2) is 6.18. The Morgan fingerprint density at radius 2 is 1.96 bits per heavy atom. The van der Waals surface area contributed by atoms with E-state index >= 15 is 0 Å². The van der Waals surface area contributed by atoms with Gasteiger partial charge in [-0.25, -0.2) is 13.2 Å². The summed E-state index contributed by atoms with van der Waals surface area (Å²) in [5.41, 5.74) is 1.49. The molecule has 0 spiro atoms. The van der Waals surface area contributed by atoms with Crippen molar-refractivity contribution >= 4 is 44.2 Å². The molecular formula is C16H13ClN2O4S. The molecule has 3 rings (SSSR count). The summed E-state index contributed by atoms with van der Waals surface area (Å²) in [5.74, 6) is -0.591. The standard InChI is InChI=1S/C16H13ClN2O4S/c1-23-16(20)11-2-5-15(13(17)9-11)24(21,22)19-12-3-4-14-10(8-12)6-7-18-14/h2-9,18-19H,1H3. The van der Waals surface area contributed by atoms with Gasteiger partial charge in [0.05, 0.1) is 17.7 Å². The number of aromatic nitrogens is 1. The highest BCUT2D eigenvalue weighted by Crippen LogP contribution is 2.26. The normalized spacial score (nSPS) is 11.4. The number of rotatable bonds is 4. The fraction of sp³-hybridized carbons (Fsp3) is 0.0625. The van der Waals surface area contributed by atoms with E-state index in [1.807, 2.05) is 6.07 Å². The third-order valence-electron chi connectivity index (χ3n) is 3.45. The lowest BCUT2D eigenvalue weighted by Crippen LogP contribution is -2.14. The second-order valence-corrected chi connectivity index (χ2v) is 7.08. The van der Waals surface area contributed by atoms with E-state index in [0.29, 0.717) is 5.69 Å². The molecule has 2 aromatic carbocycles. The maximum Gasteiger partial charge on any atom is 0.337 e. The van der Waals surface area contributed by atoms with Crippen LogP contribution in [0.2, 0.25) is 5.02 Å². The molecule has 0 atom stereocenters. The third-order valence-corrected chi connectivity index (χ3v) is 5.31. The van der Waals surface area contributed by atoms with Crippen molar-refractivity contribution in [3.05, 3.63) is 59.2 Å². The zero-order chi connectivity index (χ0) is 17.3. The Balaban J connectivity index is 1.93. The smallest absolute Gasteiger partial charge is 0.337 e. The number of sulfonamides is 1. The van der Waals surface area contributed by atoms with Gasteiger partial charge in [-0.05, 0) is 42.5 Å². The summed E-state index contributed by atoms with van der Waals surface area (Å²) in [4.78, 5) is 14.4. The van der Waals surface area contributed by atoms with Crippen LogP contribution >= 0.6 is 11.6 Å². The summed E-state index contributed by atoms with van der Waals surface area (Å²) in [7, 11) is -2.65. The summed E-state index contributed by atoms with van der Waals surface area (Å²) >= 11 is 6.03. The van der Waals surface area contributed by atoms with E-state index in [9.17, 15) is 13.2 Å². The van der Waals surface area contributed by atoms with Crippen LogP contribution in [0.4, 0.5) is 5.69 Å². The molecule has 24 heavy (non-hydrogen) atoms. The second-order valence-electron chi connectivity index (χ2n) is 5.02. The number of hydrogen-bond donors (Lipinski definition) is 2. The lowest BCUT2D eigenvalue weighted by Gasteiger charge is -2.10. The molecule has 0 unspecified atom stereocenters. The molecule has 3 aromatic rings. The molecule has 124 valence electrons. The number of nitrogens with one attached hydrogen (secondary N) is 2. The number of H-pyrrole nitrogens is 1. The average molecular weight is 365 g/mol. The molecule has 0 radical (unpaired) electrons. The number of esters is 1. The highest BCUT2D eigenvalue weighted by Gasteiger charge is 2.20. The van der Waals surface area contributed by atoms with Crippen molar-refractivity contribution in [1.29, 1.82) is 0 Å². The van der Waals surface area contributed by atoms with Crippen LogP contribution in [0, 0.1) is 0 Å². The minimum Gasteiger partial charge on any atom is -0.465 e. The van der Waals surface area contributed by atoms with Crippen LogP contribution in [0.5, 0.6) is 0 Å². The Kier molecular flexibility index (Phi) is 4.21. The molecule has 0 aliphatic rings. The number of benzene rings is 2. The van der Waals surface area contributed by atoms with Gasteiger partial charge < -0.3 is 9.72 Å². The lowest BCUT2D eigenvalue weighted by molar-refractivity contribution is 0.0600. The first-order chi connectivity index (χ1) is 11.4. The van der Waals surface area contributed by atoms with Crippen LogP contribution in [0.25, 0.3) is 10.9 Å². The first-order valence-electron chi connectivity index (χ1n) is 6.88. The van der Waals surface area contributed by atoms with Gasteiger partial charge in [-0.2, -0.15) is 0 Å². The Morgan fingerprint density at radius 3 is 2.67 bits per heavy atom. The van der Waals surface area contributed by atoms with Gasteiger partial charge in [0.15, 0.2) is 0 Å². The summed E-state index contributed by atoms with van der Waals surface area (Å²) in [6, 6.07) is 10.8. The number of aromatic amines is 1. The molecule has 0 amide bonds. The van der Waals surface area contributed by atoms with E-state index in [-0.39, 0.29) is 15.5 Å². The third kappa shape index (κ3) is 3.08. The van der Waals surface area contributed by atoms with Crippen molar-refractivity contribution in [3.63, 3.8) is 0 Å². The summed E-state index contributed by atoms with van der Waals surface area (Å²) < 4.78 is 32.1. The molecule has 0 saturated heterocycles. The topological polar surface area (TPSA) is 88.3 Å². The molecule has 0 fully saturated rings. The van der Waals surface area contributed by atoms with E-state index in [4.69, 9.17) is 11.6 Å². The molecule has 1 aromatic heterocycles. The molecule has 0 saturated carbocycles. The van der Waals surface area contributed by atoms with Crippen LogP contribution in [0.15, 0.2) is 53.6 Å². The number of anilines is 1. The van der Waals surface area contributed by atoms with Crippen molar-refractivity contribution in [1.82, 2.24) is 4.98 Å². The minimum atomic E-state index is -3.89. The molecule has 2 N–H and O–H groups in total. The molecule has 0 aliphatic heterocycles. The predicted molar refractivity (Wildman–Crippen MR) is 91.9 cm³/mol. The first kappa shape index (κ1) is 16.4. The zero-order valence-corrected chi connectivity index (χ0v) is 14.1. The fourth-order valence-electron chi connectivity index (χ4n) is 2.29. The van der Waals surface area contributed by atoms with Gasteiger partial charge >= 0.3 is 5.97 Å². The molecule has 6 nitrogen and oxygen atoms in total. The predicted octanol–water partition coefficient (Wildman–Crippen LogP) is 3.41. The van der Waals surface area contributed by atoms with Crippen LogP contribution in [0.3, 0.4) is 0 Å². The quantitative estimate of drug-likeness (QED) is 0.694. The maximum absolute atomic E-state index is 12.5. The minimum absolute atomic E-state index is 0.0619. The Morgan fingerprint density at radius 1 is 1.17 bits per heavy atom. The van der Waals surface area contributed by atoms with Gasteiger partial charge in [0.2, 0.25) is 0 Å². The SMILES string of the molecule is COC(=O)c1ccc(S(=O)(=O)Nc2ccc3[nH]ccc3c2)c(Cl)c1. The molecule has 0 bridgehead atoms. The number of ether oxygens (including phenoxy) is 1. The van der Waals surface area contributed by atoms with E-state index < -0.39 is 16.0 Å². The van der Waals surface area contributed by atoms with Crippen molar-refractivity contribution < 1.29 is 17.9 Å². The van der Waals surface area contributed by atoms with Crippen molar-refractivity contribution in [2.75, 3.05) is 11.8 Å². The summed E-state index contributed by atoms with van der Waals surface area (Å²) in [6.45, 7) is 0. The highest BCUT2D eigenvalue weighted by atomic mass is 35.5. The van der Waals surface area contributed by atoms with Crippen LogP contribution in [-0.2, 0) is 14.8 Å². The van der Waals surface area contributed by atoms with Crippen LogP contribution in [-0.4, -0.2) is 26.5 Å². The van der Waals surface area contributed by atoms with E-state index in [2.05, 4.69) is 14.4 Å². The number of fused-ring (bicyclic) bond motifs is 1. The average Bonchev–Trinajstić information content (AvgIpc) is 3.01. The lowest BCUT2D eigenvalue weighted by atomic mass is 10.2. The molecule has 0 aliphatic carbocycles. The van der Waals surface area contributed by atoms with Gasteiger partial charge in [-0.3, -0.25) is 4.72 Å². The van der Waals surface area contributed by atoms with Crippen molar-refractivity contribution in [3.8, 4) is 0 Å². The number of carbonyl (C=O) groups excluding carboxylic acids is 1. The van der Waals surface area contributed by atoms with Gasteiger partial charge in [0.1, 0.15) is 4.90 Å². The Hall–Kier alpha value is -2.51. The van der Waals surface area contributed by atoms with Crippen LogP contribution in [0.1, 0.15) is 10.4 Å². The number of halogens is 1. The van der Waals surface area contributed by atoms with Crippen LogP contribution < -0.4 is 4.72 Å². The van der Waals surface area contributed by atoms with Gasteiger partial charge in [0, 0.05) is 22.8 Å². The summed E-state index contributed by atoms with van der Waals surface area (Å²) in [6.07, 6.45) is 1.77. The van der Waals surface area contributed by atoms with Gasteiger partial charge in [0.25, 0.3) is 10.0 Å². The van der Waals surface area contributed by atoms with E-state index in [1.54, 1.807) is 24.4 Å². The first-order valence-corrected chi connectivity index (χ1v) is 8.74. The molecule has 8 heteroatoms.